The summed E-state index contributed by atoms with van der Waals surface area (Å²) in [7, 11) is -1.08. The molecule has 1 heterocycles. The van der Waals surface area contributed by atoms with Crippen molar-refractivity contribution in [2.24, 2.45) is 0 Å². The minimum absolute atomic E-state index is 0.178. The van der Waals surface area contributed by atoms with Crippen molar-refractivity contribution in [1.29, 1.82) is 0 Å². The highest BCUT2D eigenvalue weighted by Gasteiger charge is 2.26. The quantitative estimate of drug-likeness (QED) is 0.905. The van der Waals surface area contributed by atoms with Crippen molar-refractivity contribution in [3.63, 3.8) is 0 Å². The predicted octanol–water partition coefficient (Wildman–Crippen LogP) is 3.23. The van der Waals surface area contributed by atoms with Crippen molar-refractivity contribution in [1.82, 2.24) is 9.62 Å². The molecule has 1 fully saturated rings. The van der Waals surface area contributed by atoms with Crippen molar-refractivity contribution < 1.29 is 13.7 Å². The molecule has 134 valence electrons. The number of nitrogens with zero attached hydrogens (tertiary/aromatic N) is 1. The first-order valence-electron chi connectivity index (χ1n) is 8.50. The van der Waals surface area contributed by atoms with E-state index in [9.17, 15) is 9.00 Å². The zero-order valence-corrected chi connectivity index (χ0v) is 15.6. The fraction of sp³-hybridized carbons (Fsp3) is 0.611. The van der Waals surface area contributed by atoms with Gasteiger partial charge in [-0.15, -0.1) is 0 Å². The van der Waals surface area contributed by atoms with Crippen molar-refractivity contribution in [3.8, 4) is 0 Å². The predicted molar refractivity (Wildman–Crippen MR) is 96.9 cm³/mol. The highest BCUT2D eigenvalue weighted by Crippen LogP contribution is 2.16. The number of nitrogens with one attached hydrogen (secondary N) is 1. The van der Waals surface area contributed by atoms with Gasteiger partial charge in [-0.2, -0.15) is 0 Å². The maximum atomic E-state index is 12.2. The van der Waals surface area contributed by atoms with Crippen LogP contribution in [0, 0.1) is 0 Å². The Morgan fingerprint density at radius 2 is 1.96 bits per heavy atom. The van der Waals surface area contributed by atoms with Crippen LogP contribution in [0.4, 0.5) is 4.79 Å². The summed E-state index contributed by atoms with van der Waals surface area (Å²) in [5, 5.41) is 0. The van der Waals surface area contributed by atoms with Gasteiger partial charge in [-0.1, -0.05) is 30.3 Å². The van der Waals surface area contributed by atoms with E-state index in [0.29, 0.717) is 19.7 Å². The van der Waals surface area contributed by atoms with Gasteiger partial charge in [0, 0.05) is 19.1 Å². The molecule has 24 heavy (non-hydrogen) atoms. The van der Waals surface area contributed by atoms with Gasteiger partial charge in [0.1, 0.15) is 6.61 Å². The Morgan fingerprint density at radius 3 is 2.62 bits per heavy atom. The number of hydrogen-bond donors (Lipinski definition) is 1. The Balaban J connectivity index is 1.79. The number of rotatable bonds is 4. The van der Waals surface area contributed by atoms with Crippen LogP contribution in [0.1, 0.15) is 45.6 Å². The van der Waals surface area contributed by atoms with Crippen LogP contribution < -0.4 is 4.72 Å². The molecular formula is C18H28N2O3S. The van der Waals surface area contributed by atoms with Crippen LogP contribution in [-0.4, -0.2) is 39.1 Å². The molecule has 0 aliphatic carbocycles. The van der Waals surface area contributed by atoms with E-state index >= 15 is 0 Å². The third-order valence-corrected chi connectivity index (χ3v) is 5.68. The summed E-state index contributed by atoms with van der Waals surface area (Å²) < 4.78 is 20.5. The van der Waals surface area contributed by atoms with Gasteiger partial charge in [-0.3, -0.25) is 0 Å². The molecule has 2 atom stereocenters. The Bertz CT molecular complexity index is 557. The maximum absolute atomic E-state index is 12.2. The molecule has 0 aromatic heterocycles. The van der Waals surface area contributed by atoms with Crippen molar-refractivity contribution in [3.05, 3.63) is 35.9 Å². The maximum Gasteiger partial charge on any atom is 0.410 e. The minimum atomic E-state index is -1.08. The van der Waals surface area contributed by atoms with Gasteiger partial charge < -0.3 is 9.64 Å². The lowest BCUT2D eigenvalue weighted by atomic mass is 10.1. The van der Waals surface area contributed by atoms with Gasteiger partial charge in [-0.25, -0.2) is 13.7 Å². The first-order valence-corrected chi connectivity index (χ1v) is 9.65. The average molecular weight is 353 g/mol. The normalized spacial score (nSPS) is 20.3. The second kappa shape index (κ2) is 8.62. The summed E-state index contributed by atoms with van der Waals surface area (Å²) in [5.41, 5.74) is 0.987. The van der Waals surface area contributed by atoms with Crippen LogP contribution in [0.3, 0.4) is 0 Å². The molecule has 0 spiro atoms. The lowest BCUT2D eigenvalue weighted by molar-refractivity contribution is 0.0973. The monoisotopic (exact) mass is 352 g/mol. The number of ether oxygens (including phenoxy) is 1. The molecule has 2 rings (SSSR count). The molecule has 1 N–H and O–H groups in total. The molecule has 1 aliphatic heterocycles. The smallest absolute Gasteiger partial charge is 0.410 e. The Hall–Kier alpha value is -1.40. The zero-order chi connectivity index (χ0) is 17.6. The number of amides is 1. The zero-order valence-electron chi connectivity index (χ0n) is 14.8. The first-order chi connectivity index (χ1) is 11.4. The lowest BCUT2D eigenvalue weighted by Gasteiger charge is -2.23. The van der Waals surface area contributed by atoms with E-state index in [2.05, 4.69) is 4.72 Å². The van der Waals surface area contributed by atoms with Crippen molar-refractivity contribution in [2.45, 2.75) is 57.4 Å². The third kappa shape index (κ3) is 5.91. The largest absolute Gasteiger partial charge is 0.445 e. The van der Waals surface area contributed by atoms with E-state index in [1.807, 2.05) is 51.1 Å². The Labute approximate surface area is 147 Å². The van der Waals surface area contributed by atoms with Gasteiger partial charge in [-0.05, 0) is 45.6 Å². The van der Waals surface area contributed by atoms with E-state index < -0.39 is 11.0 Å². The van der Waals surface area contributed by atoms with E-state index in [4.69, 9.17) is 4.74 Å². The van der Waals surface area contributed by atoms with Crippen LogP contribution in [0.25, 0.3) is 0 Å². The van der Waals surface area contributed by atoms with Gasteiger partial charge >= 0.3 is 6.09 Å². The second-order valence-electron chi connectivity index (χ2n) is 7.15. The van der Waals surface area contributed by atoms with E-state index in [0.717, 1.165) is 24.8 Å². The fourth-order valence-electron chi connectivity index (χ4n) is 2.54. The van der Waals surface area contributed by atoms with E-state index in [-0.39, 0.29) is 16.9 Å². The van der Waals surface area contributed by atoms with Crippen LogP contribution in [0.15, 0.2) is 30.3 Å². The molecule has 6 heteroatoms. The van der Waals surface area contributed by atoms with Crippen molar-refractivity contribution >= 4 is 17.1 Å². The summed E-state index contributed by atoms with van der Waals surface area (Å²) >= 11 is 0. The molecule has 1 saturated heterocycles. The van der Waals surface area contributed by atoms with Gasteiger partial charge in [0.05, 0.1) is 15.7 Å². The number of hydrogen-bond acceptors (Lipinski definition) is 3. The highest BCUT2D eigenvalue weighted by molar-refractivity contribution is 7.84. The first kappa shape index (κ1) is 18.9. The van der Waals surface area contributed by atoms with Crippen LogP contribution >= 0.6 is 0 Å². The molecule has 0 saturated carbocycles. The summed E-state index contributed by atoms with van der Waals surface area (Å²) in [6.45, 7) is 7.49. The standard InChI is InChI=1S/C18H28N2O3S/c1-18(2,3)24(22)19-16-10-7-12-20(13-11-16)17(21)23-14-15-8-5-4-6-9-15/h4-6,8-9,16,19H,7,10-14H2,1-3H3/t16-,24?/m0/s1. The topological polar surface area (TPSA) is 58.6 Å². The molecule has 0 bridgehead atoms. The van der Waals surface area contributed by atoms with Crippen LogP contribution in [-0.2, 0) is 22.3 Å². The number of likely N-dealkylation sites (tertiary alicyclic amines) is 1. The molecule has 1 aromatic carbocycles. The molecule has 1 unspecified atom stereocenters. The molecule has 0 radical (unpaired) electrons. The molecule has 1 aromatic rings. The average Bonchev–Trinajstić information content (AvgIpc) is 2.78. The Morgan fingerprint density at radius 1 is 1.25 bits per heavy atom. The SMILES string of the molecule is CC(C)(C)S(=O)N[C@H]1CCCN(C(=O)OCc2ccccc2)CC1. The van der Waals surface area contributed by atoms with Crippen LogP contribution in [0.2, 0.25) is 0 Å². The Kier molecular flexibility index (Phi) is 6.80. The summed E-state index contributed by atoms with van der Waals surface area (Å²) in [6.07, 6.45) is 2.34. The molecule has 5 nitrogen and oxygen atoms in total. The molecular weight excluding hydrogens is 324 g/mol. The number of carbonyl (C=O) groups excluding carboxylic acids is 1. The number of benzene rings is 1. The summed E-state index contributed by atoms with van der Waals surface area (Å²) in [4.78, 5) is 14.0. The highest BCUT2D eigenvalue weighted by atomic mass is 32.2. The molecule has 1 aliphatic rings. The summed E-state index contributed by atoms with van der Waals surface area (Å²) in [5.74, 6) is 0. The van der Waals surface area contributed by atoms with Gasteiger partial charge in [0.2, 0.25) is 0 Å². The second-order valence-corrected chi connectivity index (χ2v) is 9.15. The lowest BCUT2D eigenvalue weighted by Crippen LogP contribution is -2.40. The fourth-order valence-corrected chi connectivity index (χ4v) is 3.43. The third-order valence-electron chi connectivity index (χ3n) is 4.02. The van der Waals surface area contributed by atoms with Crippen LogP contribution in [0.5, 0.6) is 0 Å². The number of carbonyl (C=O) groups is 1. The van der Waals surface area contributed by atoms with Gasteiger partial charge in [0.25, 0.3) is 0 Å². The van der Waals surface area contributed by atoms with Gasteiger partial charge in [0.15, 0.2) is 0 Å². The van der Waals surface area contributed by atoms with E-state index in [1.54, 1.807) is 4.90 Å². The molecule has 1 amide bonds. The van der Waals surface area contributed by atoms with E-state index in [1.165, 1.54) is 0 Å². The minimum Gasteiger partial charge on any atom is -0.445 e. The van der Waals surface area contributed by atoms with Crippen molar-refractivity contribution in [2.75, 3.05) is 13.1 Å². The summed E-state index contributed by atoms with van der Waals surface area (Å²) in [6, 6.07) is 9.86.